The van der Waals surface area contributed by atoms with Crippen LogP contribution in [0, 0.1) is 0 Å². The molecule has 154 valence electrons. The summed E-state index contributed by atoms with van der Waals surface area (Å²) < 4.78 is 5.13. The molecule has 0 fully saturated rings. The number of hydrogen-bond acceptors (Lipinski definition) is 4. The molecule has 0 saturated carbocycles. The van der Waals surface area contributed by atoms with E-state index in [-0.39, 0.29) is 17.3 Å². The zero-order valence-electron chi connectivity index (χ0n) is 16.0. The number of aliphatic carboxylic acids is 1. The van der Waals surface area contributed by atoms with E-state index < -0.39 is 12.6 Å². The van der Waals surface area contributed by atoms with Crippen LogP contribution in [0.5, 0.6) is 11.5 Å². The number of halogens is 2. The van der Waals surface area contributed by atoms with Crippen molar-refractivity contribution in [2.45, 2.75) is 13.3 Å². The summed E-state index contributed by atoms with van der Waals surface area (Å²) in [5.74, 6) is -0.800. The lowest BCUT2D eigenvalue weighted by molar-refractivity contribution is -0.139. The molecule has 0 bridgehead atoms. The van der Waals surface area contributed by atoms with Crippen LogP contribution in [0.4, 0.5) is 0 Å². The Morgan fingerprint density at radius 1 is 1.00 bits per heavy atom. The Morgan fingerprint density at radius 2 is 1.70 bits per heavy atom. The van der Waals surface area contributed by atoms with Crippen molar-refractivity contribution in [1.82, 2.24) is 0 Å². The Morgan fingerprint density at radius 3 is 2.33 bits per heavy atom. The molecule has 0 amide bonds. The van der Waals surface area contributed by atoms with Crippen molar-refractivity contribution in [2.24, 2.45) is 0 Å². The van der Waals surface area contributed by atoms with Gasteiger partial charge in [-0.2, -0.15) is 0 Å². The quantitative estimate of drug-likeness (QED) is 0.461. The van der Waals surface area contributed by atoms with Crippen LogP contribution < -0.4 is 4.74 Å². The lowest BCUT2D eigenvalue weighted by atomic mass is 9.96. The van der Waals surface area contributed by atoms with Gasteiger partial charge in [-0.15, -0.1) is 0 Å². The Bertz CT molecular complexity index is 1100. The van der Waals surface area contributed by atoms with Crippen molar-refractivity contribution >= 4 is 35.0 Å². The largest absolute Gasteiger partial charge is 0.507 e. The van der Waals surface area contributed by atoms with Gasteiger partial charge in [0.1, 0.15) is 11.5 Å². The third kappa shape index (κ3) is 5.12. The van der Waals surface area contributed by atoms with E-state index in [1.54, 1.807) is 30.3 Å². The van der Waals surface area contributed by atoms with Gasteiger partial charge in [0.2, 0.25) is 0 Å². The van der Waals surface area contributed by atoms with Gasteiger partial charge in [-0.1, -0.05) is 47.5 Å². The summed E-state index contributed by atoms with van der Waals surface area (Å²) in [7, 11) is 0. The topological polar surface area (TPSA) is 83.8 Å². The average molecular weight is 445 g/mol. The zero-order chi connectivity index (χ0) is 21.8. The second-order valence-electron chi connectivity index (χ2n) is 6.71. The van der Waals surface area contributed by atoms with Gasteiger partial charge in [0.15, 0.2) is 12.4 Å². The Labute approximate surface area is 183 Å². The SMILES string of the molecule is CC(=O)c1cccc(-c2cc(Cc3c(Cl)cc(OCC(=O)O)cc3Cl)ccc2O)c1. The molecule has 30 heavy (non-hydrogen) atoms. The molecule has 2 N–H and O–H groups in total. The van der Waals surface area contributed by atoms with E-state index in [9.17, 15) is 14.7 Å². The van der Waals surface area contributed by atoms with Crippen LogP contribution >= 0.6 is 23.2 Å². The molecule has 3 aromatic rings. The van der Waals surface area contributed by atoms with E-state index in [2.05, 4.69) is 0 Å². The zero-order valence-corrected chi connectivity index (χ0v) is 17.5. The fraction of sp³-hybridized carbons (Fsp3) is 0.130. The standard InChI is InChI=1S/C23H18Cl2O5/c1-13(26)15-3-2-4-16(9-15)18-7-14(5-6-22(18)27)8-19-20(24)10-17(11-21(19)25)30-12-23(28)29/h2-7,9-11,27H,8,12H2,1H3,(H,28,29). The second kappa shape index (κ2) is 9.20. The van der Waals surface area contributed by atoms with E-state index in [0.717, 1.165) is 11.1 Å². The minimum Gasteiger partial charge on any atom is -0.507 e. The average Bonchev–Trinajstić information content (AvgIpc) is 2.70. The molecule has 7 heteroatoms. The van der Waals surface area contributed by atoms with E-state index in [4.69, 9.17) is 33.0 Å². The molecule has 0 aliphatic heterocycles. The molecule has 0 aliphatic carbocycles. The van der Waals surface area contributed by atoms with Crippen LogP contribution in [0.2, 0.25) is 10.0 Å². The highest BCUT2D eigenvalue weighted by Crippen LogP contribution is 2.35. The van der Waals surface area contributed by atoms with E-state index in [1.165, 1.54) is 19.1 Å². The molecule has 0 unspecified atom stereocenters. The number of Topliss-reactive ketones (excluding diaryl/α,β-unsaturated/α-hetero) is 1. The number of benzene rings is 3. The van der Waals surface area contributed by atoms with Crippen molar-refractivity contribution < 1.29 is 24.5 Å². The van der Waals surface area contributed by atoms with Gasteiger partial charge in [-0.3, -0.25) is 4.79 Å². The summed E-state index contributed by atoms with van der Waals surface area (Å²) in [6.07, 6.45) is 0.385. The first-order valence-corrected chi connectivity index (χ1v) is 9.76. The maximum Gasteiger partial charge on any atom is 0.341 e. The number of ketones is 1. The van der Waals surface area contributed by atoms with Crippen LogP contribution in [-0.2, 0) is 11.2 Å². The predicted molar refractivity (Wildman–Crippen MR) is 116 cm³/mol. The first kappa shape index (κ1) is 21.7. The normalized spacial score (nSPS) is 10.6. The van der Waals surface area contributed by atoms with Crippen LogP contribution in [0.15, 0.2) is 54.6 Å². The van der Waals surface area contributed by atoms with Crippen molar-refractivity contribution in [3.05, 3.63) is 81.3 Å². The molecule has 0 aromatic heterocycles. The van der Waals surface area contributed by atoms with Gasteiger partial charge >= 0.3 is 5.97 Å². The fourth-order valence-corrected chi connectivity index (χ4v) is 3.61. The summed E-state index contributed by atoms with van der Waals surface area (Å²) in [6, 6.07) is 15.2. The molecule has 0 heterocycles. The number of hydrogen-bond donors (Lipinski definition) is 2. The summed E-state index contributed by atoms with van der Waals surface area (Å²) in [6.45, 7) is 0.996. The smallest absolute Gasteiger partial charge is 0.341 e. The minimum atomic E-state index is -1.10. The number of carboxylic acid groups (broad SMARTS) is 1. The molecule has 0 atom stereocenters. The van der Waals surface area contributed by atoms with Crippen LogP contribution in [0.3, 0.4) is 0 Å². The molecule has 5 nitrogen and oxygen atoms in total. The van der Waals surface area contributed by atoms with Gasteiger partial charge in [0.25, 0.3) is 0 Å². The highest BCUT2D eigenvalue weighted by Gasteiger charge is 2.13. The lowest BCUT2D eigenvalue weighted by Crippen LogP contribution is -2.09. The highest BCUT2D eigenvalue weighted by atomic mass is 35.5. The second-order valence-corrected chi connectivity index (χ2v) is 7.53. The van der Waals surface area contributed by atoms with Crippen molar-refractivity contribution in [2.75, 3.05) is 6.61 Å². The van der Waals surface area contributed by atoms with E-state index in [1.807, 2.05) is 12.1 Å². The Hall–Kier alpha value is -3.02. The van der Waals surface area contributed by atoms with E-state index >= 15 is 0 Å². The first-order valence-electron chi connectivity index (χ1n) is 9.00. The van der Waals surface area contributed by atoms with Crippen LogP contribution in [-0.4, -0.2) is 28.6 Å². The van der Waals surface area contributed by atoms with Crippen LogP contribution in [0.1, 0.15) is 28.4 Å². The predicted octanol–water partition coefficient (Wildman–Crippen LogP) is 5.62. The molecular formula is C23H18Cl2O5. The van der Waals surface area contributed by atoms with Gasteiger partial charge in [0.05, 0.1) is 0 Å². The number of phenols is 1. The number of carbonyl (C=O) groups is 2. The third-order valence-electron chi connectivity index (χ3n) is 4.50. The lowest BCUT2D eigenvalue weighted by Gasteiger charge is -2.13. The molecule has 3 aromatic carbocycles. The number of rotatable bonds is 7. The Balaban J connectivity index is 1.91. The van der Waals surface area contributed by atoms with Crippen LogP contribution in [0.25, 0.3) is 11.1 Å². The molecule has 3 rings (SSSR count). The number of phenolic OH excluding ortho intramolecular Hbond substituents is 1. The Kier molecular flexibility index (Phi) is 6.65. The molecule has 0 spiro atoms. The summed E-state index contributed by atoms with van der Waals surface area (Å²) in [5.41, 5.74) is 3.36. The molecule has 0 aliphatic rings. The van der Waals surface area contributed by atoms with Crippen molar-refractivity contribution in [1.29, 1.82) is 0 Å². The maximum atomic E-state index is 11.7. The first-order chi connectivity index (χ1) is 14.2. The monoisotopic (exact) mass is 444 g/mol. The summed E-state index contributed by atoms with van der Waals surface area (Å²) in [4.78, 5) is 22.3. The minimum absolute atomic E-state index is 0.0590. The number of ether oxygens (including phenoxy) is 1. The summed E-state index contributed by atoms with van der Waals surface area (Å²) in [5, 5.41) is 19.7. The van der Waals surface area contributed by atoms with Gasteiger partial charge < -0.3 is 14.9 Å². The number of carboxylic acids is 1. The number of carbonyl (C=O) groups excluding carboxylic acids is 1. The van der Waals surface area contributed by atoms with Gasteiger partial charge in [-0.05, 0) is 53.9 Å². The van der Waals surface area contributed by atoms with E-state index in [0.29, 0.717) is 33.2 Å². The molecule has 0 saturated heterocycles. The summed E-state index contributed by atoms with van der Waals surface area (Å²) >= 11 is 12.7. The van der Waals surface area contributed by atoms with Crippen molar-refractivity contribution in [3.8, 4) is 22.6 Å². The maximum absolute atomic E-state index is 11.7. The van der Waals surface area contributed by atoms with Gasteiger partial charge in [-0.25, -0.2) is 4.79 Å². The highest BCUT2D eigenvalue weighted by molar-refractivity contribution is 6.36. The third-order valence-corrected chi connectivity index (χ3v) is 5.17. The fourth-order valence-electron chi connectivity index (χ4n) is 3.01. The molecule has 0 radical (unpaired) electrons. The number of aromatic hydroxyl groups is 1. The molecular weight excluding hydrogens is 427 g/mol. The van der Waals surface area contributed by atoms with Crippen molar-refractivity contribution in [3.63, 3.8) is 0 Å². The van der Waals surface area contributed by atoms with Gasteiger partial charge in [0, 0.05) is 27.6 Å².